The molecular formula is C25H31FN4O2S. The van der Waals surface area contributed by atoms with E-state index in [2.05, 4.69) is 9.88 Å². The topological polar surface area (TPSA) is 59.6 Å². The van der Waals surface area contributed by atoms with Crippen molar-refractivity contribution in [3.8, 4) is 0 Å². The van der Waals surface area contributed by atoms with Crippen LogP contribution < -0.4 is 4.31 Å². The van der Waals surface area contributed by atoms with E-state index in [0.29, 0.717) is 13.0 Å². The van der Waals surface area contributed by atoms with Crippen LogP contribution in [0.4, 0.5) is 10.1 Å². The second kappa shape index (κ2) is 8.74. The molecule has 0 saturated carbocycles. The molecule has 0 aliphatic carbocycles. The smallest absolute Gasteiger partial charge is 0.306 e. The Bertz CT molecular complexity index is 1250. The molecule has 2 aromatic carbocycles. The minimum Gasteiger partial charge on any atom is -0.361 e. The van der Waals surface area contributed by atoms with Gasteiger partial charge in [0.05, 0.1) is 5.69 Å². The van der Waals surface area contributed by atoms with Crippen molar-refractivity contribution in [2.45, 2.75) is 58.3 Å². The summed E-state index contributed by atoms with van der Waals surface area (Å²) in [5.74, 6) is -0.288. The third-order valence-electron chi connectivity index (χ3n) is 6.89. The summed E-state index contributed by atoms with van der Waals surface area (Å²) in [6.45, 7) is 5.95. The fourth-order valence-corrected chi connectivity index (χ4v) is 7.21. The lowest BCUT2D eigenvalue weighted by molar-refractivity contribution is 0.164. The van der Waals surface area contributed by atoms with Crippen molar-refractivity contribution >= 4 is 26.8 Å². The first kappa shape index (κ1) is 22.4. The second-order valence-electron chi connectivity index (χ2n) is 9.36. The molecule has 1 fully saturated rings. The average molecular weight is 471 g/mol. The SMILES string of the molecule is CC(C)N1Cc2ccccc2N(C(Cc2c[nH]c3cc(F)ccc23)N2CCCCC2)S1(=O)=O. The Balaban J connectivity index is 1.63. The highest BCUT2D eigenvalue weighted by Crippen LogP contribution is 2.37. The van der Waals surface area contributed by atoms with Gasteiger partial charge in [-0.2, -0.15) is 12.7 Å². The van der Waals surface area contributed by atoms with Crippen LogP contribution in [0, 0.1) is 5.82 Å². The summed E-state index contributed by atoms with van der Waals surface area (Å²) < 4.78 is 45.0. The minimum absolute atomic E-state index is 0.149. The maximum atomic E-state index is 14.0. The van der Waals surface area contributed by atoms with Crippen LogP contribution in [0.5, 0.6) is 0 Å². The number of piperidine rings is 1. The number of halogens is 1. The summed E-state index contributed by atoms with van der Waals surface area (Å²) in [6.07, 6.45) is 5.33. The molecule has 1 unspecified atom stereocenters. The maximum absolute atomic E-state index is 14.0. The van der Waals surface area contributed by atoms with Gasteiger partial charge in [0.25, 0.3) is 0 Å². The Hall–Kier alpha value is -2.42. The predicted molar refractivity (Wildman–Crippen MR) is 130 cm³/mol. The molecule has 1 N–H and O–H groups in total. The number of aromatic amines is 1. The summed E-state index contributed by atoms with van der Waals surface area (Å²) in [5.41, 5.74) is 3.50. The summed E-state index contributed by atoms with van der Waals surface area (Å²) in [6, 6.07) is 12.4. The molecule has 3 heterocycles. The fourth-order valence-electron chi connectivity index (χ4n) is 5.21. The number of anilines is 1. The van der Waals surface area contributed by atoms with Crippen LogP contribution in [0.1, 0.15) is 44.2 Å². The summed E-state index contributed by atoms with van der Waals surface area (Å²) in [5, 5.41) is 0.932. The number of hydrogen-bond donors (Lipinski definition) is 1. The van der Waals surface area contributed by atoms with Gasteiger partial charge in [-0.05, 0) is 62.1 Å². The lowest BCUT2D eigenvalue weighted by atomic mass is 10.0. The highest BCUT2D eigenvalue weighted by atomic mass is 32.2. The molecule has 6 nitrogen and oxygen atoms in total. The number of likely N-dealkylation sites (tertiary alicyclic amines) is 1. The molecule has 176 valence electrons. The first-order valence-electron chi connectivity index (χ1n) is 11.7. The van der Waals surface area contributed by atoms with Crippen LogP contribution in [0.25, 0.3) is 10.9 Å². The number of hydrogen-bond acceptors (Lipinski definition) is 3. The number of para-hydroxylation sites is 1. The lowest BCUT2D eigenvalue weighted by Gasteiger charge is -2.47. The fraction of sp³-hybridized carbons (Fsp3) is 0.440. The van der Waals surface area contributed by atoms with Gasteiger partial charge < -0.3 is 4.98 Å². The summed E-state index contributed by atoms with van der Waals surface area (Å²) in [4.78, 5) is 5.48. The zero-order valence-corrected chi connectivity index (χ0v) is 20.0. The van der Waals surface area contributed by atoms with E-state index in [1.807, 2.05) is 44.3 Å². The highest BCUT2D eigenvalue weighted by Gasteiger charge is 2.43. The largest absolute Gasteiger partial charge is 0.361 e. The van der Waals surface area contributed by atoms with Gasteiger partial charge in [0.15, 0.2) is 0 Å². The molecule has 33 heavy (non-hydrogen) atoms. The van der Waals surface area contributed by atoms with E-state index in [9.17, 15) is 12.8 Å². The molecule has 2 aliphatic heterocycles. The lowest BCUT2D eigenvalue weighted by Crippen LogP contribution is -2.60. The van der Waals surface area contributed by atoms with E-state index in [4.69, 9.17) is 0 Å². The van der Waals surface area contributed by atoms with Gasteiger partial charge in [-0.15, -0.1) is 0 Å². The predicted octanol–water partition coefficient (Wildman–Crippen LogP) is 4.64. The van der Waals surface area contributed by atoms with E-state index in [0.717, 1.165) is 60.1 Å². The number of H-pyrrole nitrogens is 1. The Morgan fingerprint density at radius 1 is 1.06 bits per heavy atom. The van der Waals surface area contributed by atoms with E-state index >= 15 is 0 Å². The Morgan fingerprint density at radius 3 is 2.58 bits per heavy atom. The quantitative estimate of drug-likeness (QED) is 0.591. The third kappa shape index (κ3) is 4.05. The molecule has 1 saturated heterocycles. The number of nitrogens with zero attached hydrogens (tertiary/aromatic N) is 3. The first-order chi connectivity index (χ1) is 15.9. The van der Waals surface area contributed by atoms with Crippen LogP contribution in [0.2, 0.25) is 0 Å². The van der Waals surface area contributed by atoms with E-state index in [1.165, 1.54) is 12.1 Å². The monoisotopic (exact) mass is 470 g/mol. The van der Waals surface area contributed by atoms with E-state index in [1.54, 1.807) is 14.7 Å². The van der Waals surface area contributed by atoms with Gasteiger partial charge in [0.1, 0.15) is 12.0 Å². The molecule has 0 radical (unpaired) electrons. The van der Waals surface area contributed by atoms with Crippen molar-refractivity contribution in [2.24, 2.45) is 0 Å². The minimum atomic E-state index is -3.73. The maximum Gasteiger partial charge on any atom is 0.306 e. The molecule has 8 heteroatoms. The van der Waals surface area contributed by atoms with Crippen LogP contribution in [0.3, 0.4) is 0 Å². The van der Waals surface area contributed by atoms with Crippen molar-refractivity contribution in [1.82, 2.24) is 14.2 Å². The van der Waals surface area contributed by atoms with Gasteiger partial charge in [0.2, 0.25) is 0 Å². The zero-order chi connectivity index (χ0) is 23.2. The van der Waals surface area contributed by atoms with Gasteiger partial charge in [-0.3, -0.25) is 4.90 Å². The van der Waals surface area contributed by atoms with Gasteiger partial charge in [-0.1, -0.05) is 24.6 Å². The first-order valence-corrected chi connectivity index (χ1v) is 13.1. The summed E-state index contributed by atoms with van der Waals surface area (Å²) in [7, 11) is -3.73. The molecule has 0 amide bonds. The van der Waals surface area contributed by atoms with Crippen molar-refractivity contribution in [1.29, 1.82) is 0 Å². The molecule has 1 atom stereocenters. The van der Waals surface area contributed by atoms with E-state index < -0.39 is 10.2 Å². The van der Waals surface area contributed by atoms with Crippen LogP contribution in [0.15, 0.2) is 48.7 Å². The molecule has 5 rings (SSSR count). The van der Waals surface area contributed by atoms with Crippen LogP contribution in [-0.4, -0.2) is 47.9 Å². The molecule has 0 spiro atoms. The number of nitrogens with one attached hydrogen (secondary N) is 1. The molecule has 1 aromatic heterocycles. The number of fused-ring (bicyclic) bond motifs is 2. The number of benzene rings is 2. The zero-order valence-electron chi connectivity index (χ0n) is 19.2. The molecule has 0 bridgehead atoms. The van der Waals surface area contributed by atoms with Crippen LogP contribution >= 0.6 is 0 Å². The summed E-state index contributed by atoms with van der Waals surface area (Å²) >= 11 is 0. The van der Waals surface area contributed by atoms with Gasteiger partial charge in [-0.25, -0.2) is 8.70 Å². The van der Waals surface area contributed by atoms with Crippen molar-refractivity contribution in [2.75, 3.05) is 17.4 Å². The molecule has 3 aromatic rings. The Labute approximate surface area is 195 Å². The van der Waals surface area contributed by atoms with E-state index in [-0.39, 0.29) is 18.0 Å². The average Bonchev–Trinajstić information content (AvgIpc) is 3.19. The van der Waals surface area contributed by atoms with Gasteiger partial charge >= 0.3 is 10.2 Å². The van der Waals surface area contributed by atoms with Crippen molar-refractivity contribution in [3.63, 3.8) is 0 Å². The normalized spacial score (nSPS) is 20.3. The van der Waals surface area contributed by atoms with Gasteiger partial charge in [0, 0.05) is 49.2 Å². The second-order valence-corrected chi connectivity index (χ2v) is 11.1. The number of aromatic nitrogens is 1. The van der Waals surface area contributed by atoms with Crippen molar-refractivity contribution < 1.29 is 12.8 Å². The van der Waals surface area contributed by atoms with Crippen molar-refractivity contribution in [3.05, 3.63) is 65.6 Å². The third-order valence-corrected chi connectivity index (χ3v) is 8.97. The molecular weight excluding hydrogens is 439 g/mol. The highest BCUT2D eigenvalue weighted by molar-refractivity contribution is 7.90. The van der Waals surface area contributed by atoms with Crippen LogP contribution in [-0.2, 0) is 23.2 Å². The number of rotatable bonds is 5. The molecule has 2 aliphatic rings. The standard InChI is InChI=1S/C25H31FN4O2S/c1-18(2)29-17-19-8-4-5-9-24(19)30(33(29,31)32)25(28-12-6-3-7-13-28)14-20-16-27-23-15-21(26)10-11-22(20)23/h4-5,8-11,15-16,18,25,27H,3,6-7,12-14,17H2,1-2H3. The Kier molecular flexibility index (Phi) is 5.93. The Morgan fingerprint density at radius 2 is 1.82 bits per heavy atom.